The number of ether oxygens (including phenoxy) is 2. The summed E-state index contributed by atoms with van der Waals surface area (Å²) >= 11 is 6.28. The number of aliphatic hydroxyl groups is 1. The molecule has 18 heavy (non-hydrogen) atoms. The second kappa shape index (κ2) is 5.78. The van der Waals surface area contributed by atoms with Crippen molar-refractivity contribution in [3.63, 3.8) is 0 Å². The van der Waals surface area contributed by atoms with E-state index >= 15 is 0 Å². The average Bonchev–Trinajstić information content (AvgIpc) is 2.37. The van der Waals surface area contributed by atoms with Gasteiger partial charge in [-0.25, -0.2) is 0 Å². The van der Waals surface area contributed by atoms with Crippen molar-refractivity contribution >= 4 is 11.6 Å². The highest BCUT2D eigenvalue weighted by atomic mass is 35.5. The third-order valence-electron chi connectivity index (χ3n) is 3.10. The van der Waals surface area contributed by atoms with Crippen molar-refractivity contribution < 1.29 is 14.6 Å². The Balaban J connectivity index is 3.27. The summed E-state index contributed by atoms with van der Waals surface area (Å²) in [6, 6.07) is 3.16. The van der Waals surface area contributed by atoms with E-state index < -0.39 is 11.5 Å². The third kappa shape index (κ3) is 2.71. The fraction of sp³-hybridized carbons (Fsp3) is 0.538. The van der Waals surface area contributed by atoms with Gasteiger partial charge in [0.05, 0.1) is 19.2 Å². The van der Waals surface area contributed by atoms with Gasteiger partial charge in [-0.05, 0) is 11.6 Å². The highest BCUT2D eigenvalue weighted by Gasteiger charge is 2.30. The molecule has 1 aromatic carbocycles. The lowest BCUT2D eigenvalue weighted by molar-refractivity contribution is 0.132. The highest BCUT2D eigenvalue weighted by molar-refractivity contribution is 6.33. The van der Waals surface area contributed by atoms with E-state index in [9.17, 15) is 5.11 Å². The third-order valence-corrected chi connectivity index (χ3v) is 3.49. The standard InChI is InChI=1S/C13H20ClNO3/c1-13(2,7-16)12(15)8-5-6-9(17-3)11(18-4)10(8)14/h5-6,12,16H,7,15H2,1-4H3/t12-/m1/s1. The van der Waals surface area contributed by atoms with Gasteiger partial charge in [-0.15, -0.1) is 0 Å². The molecule has 4 nitrogen and oxygen atoms in total. The summed E-state index contributed by atoms with van der Waals surface area (Å²) < 4.78 is 10.4. The summed E-state index contributed by atoms with van der Waals surface area (Å²) in [5, 5.41) is 9.79. The molecule has 0 aliphatic heterocycles. The van der Waals surface area contributed by atoms with Gasteiger partial charge >= 0.3 is 0 Å². The predicted molar refractivity (Wildman–Crippen MR) is 72.4 cm³/mol. The normalized spacial score (nSPS) is 13.3. The molecule has 0 aliphatic rings. The van der Waals surface area contributed by atoms with E-state index in [4.69, 9.17) is 26.8 Å². The van der Waals surface area contributed by atoms with Crippen molar-refractivity contribution in [1.29, 1.82) is 0 Å². The smallest absolute Gasteiger partial charge is 0.179 e. The summed E-state index contributed by atoms with van der Waals surface area (Å²) in [6.07, 6.45) is 0. The second-order valence-corrected chi connectivity index (χ2v) is 5.21. The second-order valence-electron chi connectivity index (χ2n) is 4.83. The molecule has 0 saturated carbocycles. The molecule has 0 heterocycles. The van der Waals surface area contributed by atoms with Crippen LogP contribution in [0.2, 0.25) is 5.02 Å². The molecule has 0 unspecified atom stereocenters. The van der Waals surface area contributed by atoms with Gasteiger partial charge in [0.15, 0.2) is 11.5 Å². The number of methoxy groups -OCH3 is 2. The van der Waals surface area contributed by atoms with Crippen LogP contribution in [-0.4, -0.2) is 25.9 Å². The van der Waals surface area contributed by atoms with E-state index in [2.05, 4.69) is 0 Å². The molecule has 102 valence electrons. The minimum Gasteiger partial charge on any atom is -0.493 e. The van der Waals surface area contributed by atoms with Crippen LogP contribution in [0, 0.1) is 5.41 Å². The van der Waals surface area contributed by atoms with E-state index in [0.29, 0.717) is 16.5 Å². The van der Waals surface area contributed by atoms with Gasteiger partial charge in [-0.1, -0.05) is 31.5 Å². The van der Waals surface area contributed by atoms with Crippen LogP contribution in [-0.2, 0) is 0 Å². The van der Waals surface area contributed by atoms with Gasteiger partial charge in [0.2, 0.25) is 0 Å². The Hall–Kier alpha value is -0.970. The first-order valence-corrected chi connectivity index (χ1v) is 6.03. The van der Waals surface area contributed by atoms with Crippen LogP contribution in [0.3, 0.4) is 0 Å². The Morgan fingerprint density at radius 2 is 1.94 bits per heavy atom. The molecule has 0 aromatic heterocycles. The summed E-state index contributed by atoms with van der Waals surface area (Å²) in [6.45, 7) is 3.73. The van der Waals surface area contributed by atoms with Gasteiger partial charge in [0, 0.05) is 18.1 Å². The zero-order valence-electron chi connectivity index (χ0n) is 11.2. The molecular weight excluding hydrogens is 254 g/mol. The zero-order chi connectivity index (χ0) is 13.9. The van der Waals surface area contributed by atoms with Gasteiger partial charge in [0.1, 0.15) is 0 Å². The van der Waals surface area contributed by atoms with Crippen LogP contribution in [0.4, 0.5) is 0 Å². The van der Waals surface area contributed by atoms with E-state index in [0.717, 1.165) is 5.56 Å². The van der Waals surface area contributed by atoms with E-state index in [1.807, 2.05) is 13.8 Å². The van der Waals surface area contributed by atoms with Crippen LogP contribution in [0.15, 0.2) is 12.1 Å². The number of hydrogen-bond acceptors (Lipinski definition) is 4. The monoisotopic (exact) mass is 273 g/mol. The topological polar surface area (TPSA) is 64.7 Å². The highest BCUT2D eigenvalue weighted by Crippen LogP contribution is 2.42. The number of hydrogen-bond donors (Lipinski definition) is 2. The molecule has 5 heteroatoms. The lowest BCUT2D eigenvalue weighted by atomic mass is 9.81. The number of benzene rings is 1. The molecule has 0 amide bonds. The quantitative estimate of drug-likeness (QED) is 0.864. The minimum atomic E-state index is -0.469. The van der Waals surface area contributed by atoms with Gasteiger partial charge in [-0.3, -0.25) is 0 Å². The molecule has 1 aromatic rings. The fourth-order valence-corrected chi connectivity index (χ4v) is 2.01. The van der Waals surface area contributed by atoms with Crippen molar-refractivity contribution in [3.05, 3.63) is 22.7 Å². The van der Waals surface area contributed by atoms with Gasteiger partial charge in [0.25, 0.3) is 0 Å². The largest absolute Gasteiger partial charge is 0.493 e. The molecule has 0 spiro atoms. The van der Waals surface area contributed by atoms with Crippen LogP contribution in [0.25, 0.3) is 0 Å². The Morgan fingerprint density at radius 1 is 1.33 bits per heavy atom. The summed E-state index contributed by atoms with van der Waals surface area (Å²) in [5.41, 5.74) is 6.42. The Morgan fingerprint density at radius 3 is 2.39 bits per heavy atom. The Kier molecular flexibility index (Phi) is 4.85. The van der Waals surface area contributed by atoms with Crippen LogP contribution < -0.4 is 15.2 Å². The molecule has 0 radical (unpaired) electrons. The molecule has 1 rings (SSSR count). The van der Waals surface area contributed by atoms with E-state index in [1.54, 1.807) is 19.2 Å². The van der Waals surface area contributed by atoms with Gasteiger partial charge in [-0.2, -0.15) is 0 Å². The molecule has 0 saturated heterocycles. The summed E-state index contributed by atoms with van der Waals surface area (Å²) in [5.74, 6) is 1.01. The maximum absolute atomic E-state index is 9.36. The number of rotatable bonds is 5. The van der Waals surface area contributed by atoms with Crippen LogP contribution in [0.1, 0.15) is 25.5 Å². The number of halogens is 1. The van der Waals surface area contributed by atoms with Crippen molar-refractivity contribution in [2.45, 2.75) is 19.9 Å². The average molecular weight is 274 g/mol. The summed E-state index contributed by atoms with van der Waals surface area (Å²) in [7, 11) is 3.07. The maximum Gasteiger partial charge on any atom is 0.179 e. The first-order chi connectivity index (χ1) is 8.38. The molecular formula is C13H20ClNO3. The van der Waals surface area contributed by atoms with Gasteiger partial charge < -0.3 is 20.3 Å². The molecule has 0 bridgehead atoms. The summed E-state index contributed by atoms with van der Waals surface area (Å²) in [4.78, 5) is 0. The van der Waals surface area contributed by atoms with Crippen molar-refractivity contribution in [2.75, 3.05) is 20.8 Å². The van der Waals surface area contributed by atoms with Crippen molar-refractivity contribution in [3.8, 4) is 11.5 Å². The van der Waals surface area contributed by atoms with Crippen molar-refractivity contribution in [1.82, 2.24) is 0 Å². The maximum atomic E-state index is 9.36. The predicted octanol–water partition coefficient (Wildman–Crippen LogP) is 2.38. The molecule has 1 atom stereocenters. The SMILES string of the molecule is COc1ccc([C@@H](N)C(C)(C)CO)c(Cl)c1OC. The zero-order valence-corrected chi connectivity index (χ0v) is 11.9. The van der Waals surface area contributed by atoms with Crippen molar-refractivity contribution in [2.24, 2.45) is 11.1 Å². The minimum absolute atomic E-state index is 0.0289. The molecule has 3 N–H and O–H groups in total. The van der Waals surface area contributed by atoms with Crippen LogP contribution in [0.5, 0.6) is 11.5 Å². The van der Waals surface area contributed by atoms with E-state index in [1.165, 1.54) is 7.11 Å². The first-order valence-electron chi connectivity index (χ1n) is 5.65. The number of aliphatic hydroxyl groups excluding tert-OH is 1. The molecule has 0 aliphatic carbocycles. The number of nitrogens with two attached hydrogens (primary N) is 1. The molecule has 0 fully saturated rings. The fourth-order valence-electron chi connectivity index (χ4n) is 1.66. The lowest BCUT2D eigenvalue weighted by Crippen LogP contribution is -2.32. The first kappa shape index (κ1) is 15.1. The lowest BCUT2D eigenvalue weighted by Gasteiger charge is -2.30. The Bertz CT molecular complexity index is 421. The van der Waals surface area contributed by atoms with Crippen LogP contribution >= 0.6 is 11.6 Å². The van der Waals surface area contributed by atoms with E-state index in [-0.39, 0.29) is 6.61 Å². The Labute approximate surface area is 113 Å².